The lowest BCUT2D eigenvalue weighted by Crippen LogP contribution is -2.00. The zero-order valence-electron chi connectivity index (χ0n) is 11.4. The Morgan fingerprint density at radius 1 is 1.10 bits per heavy atom. The quantitative estimate of drug-likeness (QED) is 0.713. The molecule has 3 rings (SSSR count). The fourth-order valence-corrected chi connectivity index (χ4v) is 2.27. The minimum absolute atomic E-state index is 0.525. The topological polar surface area (TPSA) is 52.8 Å². The van der Waals surface area contributed by atoms with Gasteiger partial charge in [0.2, 0.25) is 5.88 Å². The minimum Gasteiger partial charge on any atom is -0.479 e. The van der Waals surface area contributed by atoms with Crippen LogP contribution in [0.25, 0.3) is 11.2 Å². The molecule has 1 aromatic carbocycles. The molecule has 20 heavy (non-hydrogen) atoms. The second-order valence-electron chi connectivity index (χ2n) is 4.58. The third-order valence-electron chi connectivity index (χ3n) is 3.27. The van der Waals surface area contributed by atoms with Gasteiger partial charge >= 0.3 is 0 Å². The number of rotatable bonds is 5. The molecule has 5 heteroatoms. The Labute approximate surface area is 117 Å². The van der Waals surface area contributed by atoms with Gasteiger partial charge in [-0.1, -0.05) is 30.3 Å². The van der Waals surface area contributed by atoms with Crippen molar-refractivity contribution in [2.45, 2.75) is 19.4 Å². The van der Waals surface area contributed by atoms with Gasteiger partial charge in [0.1, 0.15) is 6.33 Å². The fourth-order valence-electron chi connectivity index (χ4n) is 2.27. The van der Waals surface area contributed by atoms with Gasteiger partial charge in [0.05, 0.1) is 13.4 Å². The summed E-state index contributed by atoms with van der Waals surface area (Å²) < 4.78 is 7.23. The number of methoxy groups -OCH3 is 1. The second-order valence-corrected chi connectivity index (χ2v) is 4.58. The summed E-state index contributed by atoms with van der Waals surface area (Å²) in [5.74, 6) is 0.525. The van der Waals surface area contributed by atoms with Gasteiger partial charge in [0, 0.05) is 6.54 Å². The van der Waals surface area contributed by atoms with Crippen LogP contribution in [0.2, 0.25) is 0 Å². The number of ether oxygens (including phenoxy) is 1. The highest BCUT2D eigenvalue weighted by Crippen LogP contribution is 2.19. The third kappa shape index (κ3) is 2.47. The summed E-state index contributed by atoms with van der Waals surface area (Å²) in [5.41, 5.74) is 2.89. The predicted octanol–water partition coefficient (Wildman–Crippen LogP) is 2.47. The first-order chi connectivity index (χ1) is 9.88. The third-order valence-corrected chi connectivity index (χ3v) is 3.27. The van der Waals surface area contributed by atoms with Crippen molar-refractivity contribution in [2.75, 3.05) is 7.11 Å². The van der Waals surface area contributed by atoms with Crippen LogP contribution in [0.1, 0.15) is 12.0 Å². The molecule has 0 bridgehead atoms. The van der Waals surface area contributed by atoms with Crippen LogP contribution in [0.5, 0.6) is 5.88 Å². The second kappa shape index (κ2) is 5.69. The van der Waals surface area contributed by atoms with Crippen molar-refractivity contribution < 1.29 is 4.74 Å². The van der Waals surface area contributed by atoms with E-state index in [0.29, 0.717) is 5.88 Å². The van der Waals surface area contributed by atoms with E-state index in [1.54, 1.807) is 13.4 Å². The highest BCUT2D eigenvalue weighted by Gasteiger charge is 2.09. The monoisotopic (exact) mass is 268 g/mol. The zero-order valence-corrected chi connectivity index (χ0v) is 11.4. The molecule has 2 heterocycles. The molecule has 0 aliphatic carbocycles. The van der Waals surface area contributed by atoms with Crippen molar-refractivity contribution in [1.82, 2.24) is 19.5 Å². The number of fused-ring (bicyclic) bond motifs is 1. The van der Waals surface area contributed by atoms with E-state index in [-0.39, 0.29) is 0 Å². The van der Waals surface area contributed by atoms with E-state index >= 15 is 0 Å². The number of imidazole rings is 1. The molecule has 0 saturated heterocycles. The van der Waals surface area contributed by atoms with Crippen molar-refractivity contribution in [1.29, 1.82) is 0 Å². The largest absolute Gasteiger partial charge is 0.479 e. The molecule has 3 aromatic rings. The lowest BCUT2D eigenvalue weighted by atomic mass is 10.1. The van der Waals surface area contributed by atoms with E-state index in [9.17, 15) is 0 Å². The molecule has 0 aliphatic heterocycles. The molecule has 102 valence electrons. The Morgan fingerprint density at radius 3 is 2.75 bits per heavy atom. The number of hydrogen-bond acceptors (Lipinski definition) is 4. The van der Waals surface area contributed by atoms with Crippen LogP contribution in [0, 0.1) is 0 Å². The summed E-state index contributed by atoms with van der Waals surface area (Å²) in [6.45, 7) is 0.881. The van der Waals surface area contributed by atoms with Gasteiger partial charge in [-0.15, -0.1) is 0 Å². The van der Waals surface area contributed by atoms with Gasteiger partial charge in [0.15, 0.2) is 11.2 Å². The van der Waals surface area contributed by atoms with Gasteiger partial charge in [-0.2, -0.15) is 4.98 Å². The molecule has 0 aliphatic rings. The van der Waals surface area contributed by atoms with Crippen molar-refractivity contribution in [3.63, 3.8) is 0 Å². The van der Waals surface area contributed by atoms with Crippen LogP contribution in [-0.4, -0.2) is 26.6 Å². The minimum atomic E-state index is 0.525. The Kier molecular flexibility index (Phi) is 3.58. The lowest BCUT2D eigenvalue weighted by molar-refractivity contribution is 0.401. The highest BCUT2D eigenvalue weighted by atomic mass is 16.5. The standard InChI is InChI=1S/C15H16N4O/c1-20-15-13-14(16-10-17-15)19(11-18-13)9-5-8-12-6-3-2-4-7-12/h2-4,6-7,10-11H,5,8-9H2,1H3. The van der Waals surface area contributed by atoms with E-state index < -0.39 is 0 Å². The first kappa shape index (κ1) is 12.6. The summed E-state index contributed by atoms with van der Waals surface area (Å²) >= 11 is 0. The number of nitrogens with zero attached hydrogens (tertiary/aromatic N) is 4. The molecule has 0 unspecified atom stereocenters. The van der Waals surface area contributed by atoms with Crippen LogP contribution in [-0.2, 0) is 13.0 Å². The summed E-state index contributed by atoms with van der Waals surface area (Å²) in [6.07, 6.45) is 5.40. The Hall–Kier alpha value is -2.43. The molecule has 0 radical (unpaired) electrons. The smallest absolute Gasteiger partial charge is 0.245 e. The highest BCUT2D eigenvalue weighted by molar-refractivity contribution is 5.75. The molecule has 0 spiro atoms. The molecular formula is C15H16N4O. The van der Waals surface area contributed by atoms with E-state index in [4.69, 9.17) is 4.74 Å². The van der Waals surface area contributed by atoms with Gasteiger partial charge < -0.3 is 9.30 Å². The maximum absolute atomic E-state index is 5.19. The summed E-state index contributed by atoms with van der Waals surface area (Å²) in [7, 11) is 1.59. The Morgan fingerprint density at radius 2 is 1.95 bits per heavy atom. The SMILES string of the molecule is COc1ncnc2c1ncn2CCCc1ccccc1. The van der Waals surface area contributed by atoms with E-state index in [0.717, 1.165) is 30.6 Å². The fraction of sp³-hybridized carbons (Fsp3) is 0.267. The first-order valence-corrected chi connectivity index (χ1v) is 6.62. The molecule has 0 amide bonds. The summed E-state index contributed by atoms with van der Waals surface area (Å²) in [4.78, 5) is 12.7. The molecule has 0 atom stereocenters. The van der Waals surface area contributed by atoms with E-state index in [2.05, 4.69) is 39.2 Å². The average molecular weight is 268 g/mol. The maximum Gasteiger partial charge on any atom is 0.245 e. The van der Waals surface area contributed by atoms with Crippen molar-refractivity contribution in [3.05, 3.63) is 48.5 Å². The van der Waals surface area contributed by atoms with Crippen LogP contribution < -0.4 is 4.74 Å². The molecule has 0 N–H and O–H groups in total. The molecule has 2 aromatic heterocycles. The Balaban J connectivity index is 1.72. The summed E-state index contributed by atoms with van der Waals surface area (Å²) in [5, 5.41) is 0. The maximum atomic E-state index is 5.19. The van der Waals surface area contributed by atoms with Gasteiger partial charge in [0.25, 0.3) is 0 Å². The number of benzene rings is 1. The zero-order chi connectivity index (χ0) is 13.8. The van der Waals surface area contributed by atoms with Crippen molar-refractivity contribution in [3.8, 4) is 5.88 Å². The van der Waals surface area contributed by atoms with Gasteiger partial charge in [-0.3, -0.25) is 0 Å². The first-order valence-electron chi connectivity index (χ1n) is 6.62. The normalized spacial score (nSPS) is 10.8. The average Bonchev–Trinajstić information content (AvgIpc) is 2.92. The molecular weight excluding hydrogens is 252 g/mol. The number of aromatic nitrogens is 4. The molecule has 5 nitrogen and oxygen atoms in total. The summed E-state index contributed by atoms with van der Waals surface area (Å²) in [6, 6.07) is 10.5. The van der Waals surface area contributed by atoms with Crippen LogP contribution in [0.15, 0.2) is 43.0 Å². The van der Waals surface area contributed by atoms with Crippen molar-refractivity contribution >= 4 is 11.2 Å². The number of aryl methyl sites for hydroxylation is 2. The molecule has 0 saturated carbocycles. The van der Waals surface area contributed by atoms with Gasteiger partial charge in [-0.25, -0.2) is 9.97 Å². The van der Waals surface area contributed by atoms with E-state index in [1.807, 2.05) is 10.6 Å². The van der Waals surface area contributed by atoms with Crippen LogP contribution in [0.4, 0.5) is 0 Å². The Bertz CT molecular complexity index is 693. The van der Waals surface area contributed by atoms with Gasteiger partial charge in [-0.05, 0) is 18.4 Å². The lowest BCUT2D eigenvalue weighted by Gasteiger charge is -2.04. The van der Waals surface area contributed by atoms with Crippen molar-refractivity contribution in [2.24, 2.45) is 0 Å². The predicted molar refractivity (Wildman–Crippen MR) is 76.6 cm³/mol. The molecule has 0 fully saturated rings. The van der Waals surface area contributed by atoms with Crippen LogP contribution in [0.3, 0.4) is 0 Å². The van der Waals surface area contributed by atoms with Crippen LogP contribution >= 0.6 is 0 Å². The number of hydrogen-bond donors (Lipinski definition) is 0. The van der Waals surface area contributed by atoms with E-state index in [1.165, 1.54) is 11.9 Å².